The lowest BCUT2D eigenvalue weighted by molar-refractivity contribution is 0.0724. The van der Waals surface area contributed by atoms with Crippen LogP contribution in [-0.4, -0.2) is 28.9 Å². The van der Waals surface area contributed by atoms with Gasteiger partial charge in [-0.2, -0.15) is 0 Å². The summed E-state index contributed by atoms with van der Waals surface area (Å²) in [5, 5.41) is 3.34. The zero-order valence-electron chi connectivity index (χ0n) is 16.2. The molecule has 0 unspecified atom stereocenters. The lowest BCUT2D eigenvalue weighted by Gasteiger charge is -2.26. The normalized spacial score (nSPS) is 14.0. The summed E-state index contributed by atoms with van der Waals surface area (Å²) in [7, 11) is 0. The highest BCUT2D eigenvalue weighted by Gasteiger charge is 2.18. The average molecular weight is 371 g/mol. The third-order valence-corrected chi connectivity index (χ3v) is 5.24. The first-order valence-electron chi connectivity index (χ1n) is 9.89. The van der Waals surface area contributed by atoms with Gasteiger partial charge in [-0.3, -0.25) is 4.79 Å². The number of nitrogens with zero attached hydrogens (tertiary/aromatic N) is 2. The van der Waals surface area contributed by atoms with Gasteiger partial charge < -0.3 is 10.2 Å². The summed E-state index contributed by atoms with van der Waals surface area (Å²) in [6.45, 7) is 3.80. The van der Waals surface area contributed by atoms with E-state index in [1.807, 2.05) is 65.7 Å². The number of pyridine rings is 1. The number of para-hydroxylation sites is 1. The monoisotopic (exact) mass is 371 g/mol. The molecule has 4 nitrogen and oxygen atoms in total. The maximum absolute atomic E-state index is 12.7. The molecule has 1 aromatic heterocycles. The summed E-state index contributed by atoms with van der Waals surface area (Å²) in [6.07, 6.45) is 5.32. The summed E-state index contributed by atoms with van der Waals surface area (Å²) >= 11 is 0. The van der Waals surface area contributed by atoms with E-state index in [1.54, 1.807) is 0 Å². The molecule has 2 aromatic carbocycles. The molecule has 1 fully saturated rings. The minimum absolute atomic E-state index is 0.143. The van der Waals surface area contributed by atoms with E-state index in [0.717, 1.165) is 59.7 Å². The van der Waals surface area contributed by atoms with Crippen LogP contribution in [0.25, 0.3) is 11.1 Å². The Morgan fingerprint density at radius 2 is 1.68 bits per heavy atom. The fourth-order valence-electron chi connectivity index (χ4n) is 3.64. The Kier molecular flexibility index (Phi) is 5.38. The van der Waals surface area contributed by atoms with E-state index in [0.29, 0.717) is 0 Å². The number of hydrogen-bond acceptors (Lipinski definition) is 3. The molecule has 1 N–H and O–H groups in total. The smallest absolute Gasteiger partial charge is 0.253 e. The van der Waals surface area contributed by atoms with Gasteiger partial charge in [0.05, 0.1) is 0 Å². The number of carbonyl (C=O) groups is 1. The van der Waals surface area contributed by atoms with Crippen LogP contribution in [0.4, 0.5) is 11.5 Å². The molecule has 28 heavy (non-hydrogen) atoms. The van der Waals surface area contributed by atoms with Crippen molar-refractivity contribution in [2.75, 3.05) is 18.4 Å². The van der Waals surface area contributed by atoms with Gasteiger partial charge in [-0.1, -0.05) is 30.3 Å². The van der Waals surface area contributed by atoms with Crippen molar-refractivity contribution in [1.29, 1.82) is 0 Å². The molecule has 1 saturated heterocycles. The highest BCUT2D eigenvalue weighted by Crippen LogP contribution is 2.27. The third-order valence-electron chi connectivity index (χ3n) is 5.24. The molecule has 0 atom stereocenters. The second-order valence-electron chi connectivity index (χ2n) is 7.31. The van der Waals surface area contributed by atoms with Gasteiger partial charge in [0.1, 0.15) is 5.82 Å². The Bertz CT molecular complexity index is 945. The highest BCUT2D eigenvalue weighted by molar-refractivity contribution is 5.94. The van der Waals surface area contributed by atoms with Gasteiger partial charge in [0.25, 0.3) is 5.91 Å². The molecule has 4 heteroatoms. The van der Waals surface area contributed by atoms with Crippen LogP contribution in [-0.2, 0) is 0 Å². The average Bonchev–Trinajstić information content (AvgIpc) is 2.76. The van der Waals surface area contributed by atoms with Crippen LogP contribution >= 0.6 is 0 Å². The topological polar surface area (TPSA) is 45.2 Å². The van der Waals surface area contributed by atoms with Crippen molar-refractivity contribution >= 4 is 17.4 Å². The standard InChI is InChI=1S/C24H25N3O/c1-18-17-25-23(26-21-8-4-2-5-9-21)16-22(18)19-10-12-20(13-11-19)24(28)27-14-6-3-7-15-27/h2,4-5,8-13,16-17H,3,6-7,14-15H2,1H3,(H,25,26). The zero-order chi connectivity index (χ0) is 19.3. The van der Waals surface area contributed by atoms with E-state index >= 15 is 0 Å². The molecule has 1 aliphatic rings. The molecule has 0 bridgehead atoms. The number of aromatic nitrogens is 1. The summed E-state index contributed by atoms with van der Waals surface area (Å²) in [5.74, 6) is 0.949. The number of amides is 1. The second kappa shape index (κ2) is 8.26. The van der Waals surface area contributed by atoms with Crippen molar-refractivity contribution in [1.82, 2.24) is 9.88 Å². The van der Waals surface area contributed by atoms with Gasteiger partial charge in [-0.25, -0.2) is 4.98 Å². The van der Waals surface area contributed by atoms with Crippen molar-refractivity contribution < 1.29 is 4.79 Å². The van der Waals surface area contributed by atoms with Gasteiger partial charge in [0.15, 0.2) is 0 Å². The Hall–Kier alpha value is -3.14. The van der Waals surface area contributed by atoms with Crippen molar-refractivity contribution in [3.8, 4) is 11.1 Å². The van der Waals surface area contributed by atoms with Crippen molar-refractivity contribution in [2.24, 2.45) is 0 Å². The molecule has 4 rings (SSSR count). The molecule has 0 aliphatic carbocycles. The maximum Gasteiger partial charge on any atom is 0.253 e. The lowest BCUT2D eigenvalue weighted by Crippen LogP contribution is -2.35. The number of nitrogens with one attached hydrogen (secondary N) is 1. The largest absolute Gasteiger partial charge is 0.340 e. The molecular formula is C24H25N3O. The van der Waals surface area contributed by atoms with Crippen LogP contribution in [0, 0.1) is 6.92 Å². The summed E-state index contributed by atoms with van der Waals surface area (Å²) in [4.78, 5) is 19.1. The number of benzene rings is 2. The minimum atomic E-state index is 0.143. The number of hydrogen-bond donors (Lipinski definition) is 1. The van der Waals surface area contributed by atoms with E-state index in [4.69, 9.17) is 0 Å². The fraction of sp³-hybridized carbons (Fsp3) is 0.250. The third kappa shape index (κ3) is 4.06. The Morgan fingerprint density at radius 1 is 0.964 bits per heavy atom. The first-order valence-corrected chi connectivity index (χ1v) is 9.89. The molecule has 2 heterocycles. The Balaban J connectivity index is 1.55. The van der Waals surface area contributed by atoms with Crippen molar-refractivity contribution in [3.63, 3.8) is 0 Å². The fourth-order valence-corrected chi connectivity index (χ4v) is 3.64. The predicted octanol–water partition coefficient (Wildman–Crippen LogP) is 5.43. The molecule has 1 amide bonds. The van der Waals surface area contributed by atoms with Crippen molar-refractivity contribution in [2.45, 2.75) is 26.2 Å². The van der Waals surface area contributed by atoms with Crippen molar-refractivity contribution in [3.05, 3.63) is 78.0 Å². The van der Waals surface area contributed by atoms with Crippen LogP contribution in [0.3, 0.4) is 0 Å². The minimum Gasteiger partial charge on any atom is -0.340 e. The Labute approximate surface area is 166 Å². The van der Waals surface area contributed by atoms with E-state index < -0.39 is 0 Å². The van der Waals surface area contributed by atoms with Gasteiger partial charge >= 0.3 is 0 Å². The quantitative estimate of drug-likeness (QED) is 0.665. The van der Waals surface area contributed by atoms with Gasteiger partial charge in [0, 0.05) is 30.5 Å². The van der Waals surface area contributed by atoms with Gasteiger partial charge in [-0.05, 0) is 73.2 Å². The first kappa shape index (κ1) is 18.2. The molecule has 0 saturated carbocycles. The van der Waals surface area contributed by atoms with Crippen LogP contribution in [0.1, 0.15) is 35.2 Å². The molecule has 142 valence electrons. The highest BCUT2D eigenvalue weighted by atomic mass is 16.2. The van der Waals surface area contributed by atoms with Crippen LogP contribution < -0.4 is 5.32 Å². The maximum atomic E-state index is 12.7. The zero-order valence-corrected chi connectivity index (χ0v) is 16.2. The number of anilines is 2. The van der Waals surface area contributed by atoms with E-state index in [9.17, 15) is 4.79 Å². The second-order valence-corrected chi connectivity index (χ2v) is 7.31. The van der Waals surface area contributed by atoms with E-state index in [2.05, 4.69) is 23.3 Å². The van der Waals surface area contributed by atoms with Gasteiger partial charge in [0.2, 0.25) is 0 Å². The number of aryl methyl sites for hydroxylation is 1. The molecular weight excluding hydrogens is 346 g/mol. The number of rotatable bonds is 4. The lowest BCUT2D eigenvalue weighted by atomic mass is 10.0. The van der Waals surface area contributed by atoms with E-state index in [-0.39, 0.29) is 5.91 Å². The molecule has 0 radical (unpaired) electrons. The summed E-state index contributed by atoms with van der Waals surface area (Å²) in [6, 6.07) is 20.0. The van der Waals surface area contributed by atoms with Crippen LogP contribution in [0.2, 0.25) is 0 Å². The molecule has 0 spiro atoms. The van der Waals surface area contributed by atoms with Crippen LogP contribution in [0.15, 0.2) is 66.9 Å². The Morgan fingerprint density at radius 3 is 2.39 bits per heavy atom. The van der Waals surface area contributed by atoms with Gasteiger partial charge in [-0.15, -0.1) is 0 Å². The number of piperidine rings is 1. The SMILES string of the molecule is Cc1cnc(Nc2ccccc2)cc1-c1ccc(C(=O)N2CCCCC2)cc1. The first-order chi connectivity index (χ1) is 13.7. The van der Waals surface area contributed by atoms with E-state index in [1.165, 1.54) is 6.42 Å². The predicted molar refractivity (Wildman–Crippen MR) is 114 cm³/mol. The number of likely N-dealkylation sites (tertiary alicyclic amines) is 1. The summed E-state index contributed by atoms with van der Waals surface area (Å²) < 4.78 is 0. The molecule has 1 aliphatic heterocycles. The number of carbonyl (C=O) groups excluding carboxylic acids is 1. The molecule has 3 aromatic rings. The summed E-state index contributed by atoms with van der Waals surface area (Å²) in [5.41, 5.74) is 5.08. The van der Waals surface area contributed by atoms with Crippen LogP contribution in [0.5, 0.6) is 0 Å².